The van der Waals surface area contributed by atoms with Gasteiger partial charge >= 0.3 is 6.16 Å². The lowest BCUT2D eigenvalue weighted by molar-refractivity contribution is -0.233. The van der Waals surface area contributed by atoms with Crippen molar-refractivity contribution >= 4 is 6.16 Å². The van der Waals surface area contributed by atoms with Crippen molar-refractivity contribution in [2.24, 2.45) is 22.7 Å². The van der Waals surface area contributed by atoms with Crippen molar-refractivity contribution in [3.63, 3.8) is 0 Å². The highest BCUT2D eigenvalue weighted by molar-refractivity contribution is 5.68. The molecule has 7 atom stereocenters. The largest absolute Gasteiger partial charge is 0.514 e. The normalized spacial score (nSPS) is 32.1. The Kier molecular flexibility index (Phi) is 10.4. The molecule has 4 aliphatic rings. The van der Waals surface area contributed by atoms with Crippen LogP contribution in [-0.2, 0) is 24.4 Å². The van der Waals surface area contributed by atoms with Gasteiger partial charge in [0.2, 0.25) is 0 Å². The summed E-state index contributed by atoms with van der Waals surface area (Å²) in [5, 5.41) is 12.4. The van der Waals surface area contributed by atoms with Gasteiger partial charge in [0, 0.05) is 43.7 Å². The zero-order valence-electron chi connectivity index (χ0n) is 29.8. The fourth-order valence-electron chi connectivity index (χ4n) is 9.26. The van der Waals surface area contributed by atoms with Gasteiger partial charge in [-0.05, 0) is 87.8 Å². The minimum Gasteiger partial charge on any atom is -0.482 e. The van der Waals surface area contributed by atoms with Crippen LogP contribution in [0.15, 0.2) is 12.1 Å². The molecule has 0 amide bonds. The monoisotopic (exact) mass is 645 g/mol. The molecule has 1 spiro atoms. The first-order valence-electron chi connectivity index (χ1n) is 17.5. The van der Waals surface area contributed by atoms with Crippen LogP contribution < -0.4 is 9.47 Å². The van der Waals surface area contributed by atoms with Gasteiger partial charge in [0.05, 0.1) is 25.4 Å². The zero-order valence-corrected chi connectivity index (χ0v) is 29.8. The molecule has 1 N–H and O–H groups in total. The molecule has 46 heavy (non-hydrogen) atoms. The summed E-state index contributed by atoms with van der Waals surface area (Å²) in [5.74, 6) is 1.58. The molecule has 1 aromatic rings. The third-order valence-electron chi connectivity index (χ3n) is 12.3. The van der Waals surface area contributed by atoms with Crippen LogP contribution >= 0.6 is 0 Å². The maximum absolute atomic E-state index is 12.9. The molecular weight excluding hydrogens is 586 g/mol. The molecule has 9 heteroatoms. The second-order valence-electron chi connectivity index (χ2n) is 15.6. The van der Waals surface area contributed by atoms with Crippen LogP contribution in [0, 0.1) is 29.6 Å². The quantitative estimate of drug-likeness (QED) is 0.151. The Labute approximate surface area is 276 Å². The van der Waals surface area contributed by atoms with Crippen LogP contribution in [0.25, 0.3) is 0 Å². The molecule has 2 saturated carbocycles. The first-order chi connectivity index (χ1) is 21.8. The summed E-state index contributed by atoms with van der Waals surface area (Å²) in [6.07, 6.45) is 4.86. The molecule has 5 unspecified atom stereocenters. The third kappa shape index (κ3) is 5.97. The van der Waals surface area contributed by atoms with Gasteiger partial charge in [-0.15, -0.1) is 0 Å². The highest BCUT2D eigenvalue weighted by Gasteiger charge is 2.73. The SMILES string of the molecule is CCC[C@]12CC(C(C)(O)C(C)(C)C)C(OC)[C@@H]3Oc4c(OC(=O)OCCOCCOC)ccc(C)c4C31CCN(CC1CC1)C2C. The number of aryl methyl sites for hydroxylation is 1. The number of piperidine rings is 1. The van der Waals surface area contributed by atoms with Gasteiger partial charge < -0.3 is 33.5 Å². The van der Waals surface area contributed by atoms with Gasteiger partial charge in [0.25, 0.3) is 0 Å². The molecule has 5 rings (SSSR count). The van der Waals surface area contributed by atoms with Crippen molar-refractivity contribution in [1.82, 2.24) is 4.90 Å². The minimum atomic E-state index is -1.03. The van der Waals surface area contributed by atoms with E-state index < -0.39 is 11.8 Å². The van der Waals surface area contributed by atoms with E-state index in [1.54, 1.807) is 14.2 Å². The Hall–Kier alpha value is -1.91. The maximum Gasteiger partial charge on any atom is 0.514 e. The minimum absolute atomic E-state index is 0.0767. The number of carbonyl (C=O) groups excluding carboxylic acids is 1. The standard InChI is InChI=1S/C37H59NO8/c1-10-15-36-22-27(35(7,40)34(4,5)6)30(42-9)32-37(36,16-17-38(25(36)3)23-26-12-13-26)29-24(2)11-14-28(31(29)46-32)45-33(39)44-21-20-43-19-18-41-8/h11,14,25-27,30,32,40H,10,12-13,15-23H2,1-9H3/t25?,27?,30?,32-,35?,36+,37?/m0/s1. The number of benzene rings is 1. The van der Waals surface area contributed by atoms with Gasteiger partial charge in [0.15, 0.2) is 11.5 Å². The number of aliphatic hydroxyl groups is 1. The number of fused-ring (bicyclic) bond motifs is 1. The van der Waals surface area contributed by atoms with Crippen molar-refractivity contribution < 1.29 is 38.3 Å². The van der Waals surface area contributed by atoms with Crippen molar-refractivity contribution in [3.05, 3.63) is 23.3 Å². The molecule has 0 bridgehead atoms. The molecule has 9 nitrogen and oxygen atoms in total. The summed E-state index contributed by atoms with van der Waals surface area (Å²) < 4.78 is 35.2. The van der Waals surface area contributed by atoms with Crippen LogP contribution in [0.5, 0.6) is 11.5 Å². The lowest BCUT2D eigenvalue weighted by atomic mass is 9.41. The van der Waals surface area contributed by atoms with Gasteiger partial charge in [-0.2, -0.15) is 0 Å². The lowest BCUT2D eigenvalue weighted by Gasteiger charge is -2.67. The summed E-state index contributed by atoms with van der Waals surface area (Å²) in [4.78, 5) is 15.6. The molecule has 1 aromatic carbocycles. The summed E-state index contributed by atoms with van der Waals surface area (Å²) in [5.41, 5.74) is 0.257. The smallest absolute Gasteiger partial charge is 0.482 e. The third-order valence-corrected chi connectivity index (χ3v) is 12.3. The van der Waals surface area contributed by atoms with Crippen molar-refractivity contribution in [2.45, 2.75) is 116 Å². The molecule has 0 radical (unpaired) electrons. The molecule has 260 valence electrons. The number of rotatable bonds is 13. The first kappa shape index (κ1) is 35.4. The van der Waals surface area contributed by atoms with E-state index in [0.717, 1.165) is 55.8 Å². The van der Waals surface area contributed by atoms with Gasteiger partial charge in [0.1, 0.15) is 18.8 Å². The van der Waals surface area contributed by atoms with Gasteiger partial charge in [-0.3, -0.25) is 4.90 Å². The molecule has 1 saturated heterocycles. The molecule has 2 aliphatic heterocycles. The number of methoxy groups -OCH3 is 2. The van der Waals surface area contributed by atoms with Crippen molar-refractivity contribution in [2.75, 3.05) is 53.7 Å². The number of carbonyl (C=O) groups is 1. The maximum atomic E-state index is 12.9. The summed E-state index contributed by atoms with van der Waals surface area (Å²) in [6.45, 7) is 18.5. The van der Waals surface area contributed by atoms with E-state index in [1.165, 1.54) is 12.8 Å². The predicted molar refractivity (Wildman–Crippen MR) is 177 cm³/mol. The molecular formula is C37H59NO8. The van der Waals surface area contributed by atoms with Crippen LogP contribution in [0.2, 0.25) is 0 Å². The van der Waals surface area contributed by atoms with E-state index in [9.17, 15) is 9.90 Å². The van der Waals surface area contributed by atoms with Gasteiger partial charge in [-0.25, -0.2) is 4.79 Å². The number of likely N-dealkylation sites (tertiary alicyclic amines) is 1. The lowest BCUT2D eigenvalue weighted by Crippen LogP contribution is -2.74. The van der Waals surface area contributed by atoms with Crippen molar-refractivity contribution in [3.8, 4) is 11.5 Å². The predicted octanol–water partition coefficient (Wildman–Crippen LogP) is 6.29. The van der Waals surface area contributed by atoms with E-state index in [4.69, 9.17) is 28.4 Å². The van der Waals surface area contributed by atoms with Crippen LogP contribution in [0.4, 0.5) is 4.79 Å². The zero-order chi connectivity index (χ0) is 33.5. The summed E-state index contributed by atoms with van der Waals surface area (Å²) in [6, 6.07) is 4.13. The Balaban J connectivity index is 1.58. The van der Waals surface area contributed by atoms with Crippen LogP contribution in [0.3, 0.4) is 0 Å². The summed E-state index contributed by atoms with van der Waals surface area (Å²) >= 11 is 0. The molecule has 0 aromatic heterocycles. The topological polar surface area (TPSA) is 95.9 Å². The van der Waals surface area contributed by atoms with E-state index in [2.05, 4.69) is 46.4 Å². The highest BCUT2D eigenvalue weighted by atomic mass is 16.7. The highest BCUT2D eigenvalue weighted by Crippen LogP contribution is 2.70. The second kappa shape index (κ2) is 13.5. The van der Waals surface area contributed by atoms with Gasteiger partial charge in [-0.1, -0.05) is 40.2 Å². The molecule has 2 heterocycles. The van der Waals surface area contributed by atoms with Crippen molar-refractivity contribution in [1.29, 1.82) is 0 Å². The summed E-state index contributed by atoms with van der Waals surface area (Å²) in [7, 11) is 3.37. The Morgan fingerprint density at radius 3 is 2.46 bits per heavy atom. The number of ether oxygens (including phenoxy) is 6. The molecule has 3 fully saturated rings. The Bertz CT molecular complexity index is 1220. The van der Waals surface area contributed by atoms with E-state index in [1.807, 2.05) is 19.1 Å². The second-order valence-corrected chi connectivity index (χ2v) is 15.6. The molecule has 2 aliphatic carbocycles. The number of hydrogen-bond donors (Lipinski definition) is 1. The average Bonchev–Trinajstić information content (AvgIpc) is 3.75. The van der Waals surface area contributed by atoms with Crippen LogP contribution in [0.1, 0.15) is 91.2 Å². The van der Waals surface area contributed by atoms with E-state index >= 15 is 0 Å². The number of hydrogen-bond acceptors (Lipinski definition) is 9. The average molecular weight is 646 g/mol. The fraction of sp³-hybridized carbons (Fsp3) is 0.811. The van der Waals surface area contributed by atoms with E-state index in [0.29, 0.717) is 24.7 Å². The fourth-order valence-corrected chi connectivity index (χ4v) is 9.26. The van der Waals surface area contributed by atoms with E-state index in [-0.39, 0.29) is 53.6 Å². The van der Waals surface area contributed by atoms with Crippen LogP contribution in [-0.4, -0.2) is 93.7 Å². The Morgan fingerprint density at radius 1 is 1.11 bits per heavy atom. The first-order valence-corrected chi connectivity index (χ1v) is 17.5. The number of nitrogens with zero attached hydrogens (tertiary/aromatic N) is 1. The Morgan fingerprint density at radius 2 is 1.83 bits per heavy atom.